The minimum absolute atomic E-state index is 0.00848. The molecule has 0 saturated carbocycles. The molecular formula is C24H31N3O4S. The Hall–Kier alpha value is -2.87. The summed E-state index contributed by atoms with van der Waals surface area (Å²) in [5.74, 6) is -0.228. The number of benzene rings is 2. The van der Waals surface area contributed by atoms with E-state index in [9.17, 15) is 18.0 Å². The topological polar surface area (TPSA) is 86.8 Å². The van der Waals surface area contributed by atoms with E-state index in [1.807, 2.05) is 12.1 Å². The van der Waals surface area contributed by atoms with Crippen molar-refractivity contribution in [3.63, 3.8) is 0 Å². The summed E-state index contributed by atoms with van der Waals surface area (Å²) in [6.07, 6.45) is 3.16. The zero-order valence-corrected chi connectivity index (χ0v) is 19.7. The highest BCUT2D eigenvalue weighted by atomic mass is 32.2. The maximum atomic E-state index is 13.1. The fraction of sp³-hybridized carbons (Fsp3) is 0.417. The standard InChI is InChI=1S/C24H31N3O4S/c1-4-5-6-20-8-10-21(11-9-20)25-32(30,31)22-12-7-18(2)23(17-22)24(29)27-15-13-26(14-16-27)19(3)28/h7-12,17,25H,4-6,13-16H2,1-3H3. The Morgan fingerprint density at radius 3 is 2.19 bits per heavy atom. The van der Waals surface area contributed by atoms with Crippen molar-refractivity contribution in [1.29, 1.82) is 0 Å². The van der Waals surface area contributed by atoms with Crippen molar-refractivity contribution in [3.8, 4) is 0 Å². The summed E-state index contributed by atoms with van der Waals surface area (Å²) in [5, 5.41) is 0. The second-order valence-electron chi connectivity index (χ2n) is 8.18. The number of amides is 2. The molecule has 1 fully saturated rings. The quantitative estimate of drug-likeness (QED) is 0.690. The summed E-state index contributed by atoms with van der Waals surface area (Å²) in [6, 6.07) is 12.0. The molecule has 0 radical (unpaired) electrons. The molecule has 2 aromatic rings. The SMILES string of the molecule is CCCCc1ccc(NS(=O)(=O)c2ccc(C)c(C(=O)N3CCN(C(C)=O)CC3)c2)cc1. The van der Waals surface area contributed by atoms with E-state index in [4.69, 9.17) is 0 Å². The molecule has 1 N–H and O–H groups in total. The van der Waals surface area contributed by atoms with Crippen LogP contribution in [0.25, 0.3) is 0 Å². The Morgan fingerprint density at radius 2 is 1.59 bits per heavy atom. The lowest BCUT2D eigenvalue weighted by atomic mass is 10.1. The van der Waals surface area contributed by atoms with E-state index in [0.717, 1.165) is 19.3 Å². The smallest absolute Gasteiger partial charge is 0.261 e. The van der Waals surface area contributed by atoms with Gasteiger partial charge in [0.2, 0.25) is 5.91 Å². The first kappa shape index (κ1) is 23.8. The van der Waals surface area contributed by atoms with Crippen LogP contribution < -0.4 is 4.72 Å². The van der Waals surface area contributed by atoms with Crippen LogP contribution in [0.4, 0.5) is 5.69 Å². The highest BCUT2D eigenvalue weighted by Gasteiger charge is 2.25. The van der Waals surface area contributed by atoms with Crippen molar-refractivity contribution in [3.05, 3.63) is 59.2 Å². The molecule has 0 bridgehead atoms. The monoisotopic (exact) mass is 457 g/mol. The Morgan fingerprint density at radius 1 is 0.969 bits per heavy atom. The fourth-order valence-electron chi connectivity index (χ4n) is 3.73. The lowest BCUT2D eigenvalue weighted by Gasteiger charge is -2.34. The minimum atomic E-state index is -3.84. The third kappa shape index (κ3) is 5.68. The molecule has 1 saturated heterocycles. The molecule has 32 heavy (non-hydrogen) atoms. The van der Waals surface area contributed by atoms with Gasteiger partial charge in [-0.3, -0.25) is 14.3 Å². The summed E-state index contributed by atoms with van der Waals surface area (Å²) in [7, 11) is -3.84. The molecule has 172 valence electrons. The van der Waals surface area contributed by atoms with Crippen molar-refractivity contribution in [1.82, 2.24) is 9.80 Å². The van der Waals surface area contributed by atoms with Crippen LogP contribution in [-0.2, 0) is 21.2 Å². The van der Waals surface area contributed by atoms with Crippen LogP contribution in [0, 0.1) is 6.92 Å². The lowest BCUT2D eigenvalue weighted by Crippen LogP contribution is -2.50. The zero-order chi connectivity index (χ0) is 23.3. The number of hydrogen-bond donors (Lipinski definition) is 1. The molecule has 1 aliphatic heterocycles. The molecular weight excluding hydrogens is 426 g/mol. The fourth-order valence-corrected chi connectivity index (χ4v) is 4.81. The molecule has 2 aromatic carbocycles. The number of unbranched alkanes of at least 4 members (excludes halogenated alkanes) is 1. The van der Waals surface area contributed by atoms with Gasteiger partial charge in [0.15, 0.2) is 0 Å². The van der Waals surface area contributed by atoms with E-state index in [1.54, 1.807) is 34.9 Å². The van der Waals surface area contributed by atoms with Gasteiger partial charge in [-0.15, -0.1) is 0 Å². The number of aryl methyl sites for hydroxylation is 2. The molecule has 0 unspecified atom stereocenters. The van der Waals surface area contributed by atoms with Gasteiger partial charge in [-0.05, 0) is 55.2 Å². The molecule has 8 heteroatoms. The van der Waals surface area contributed by atoms with E-state index >= 15 is 0 Å². The minimum Gasteiger partial charge on any atom is -0.339 e. The summed E-state index contributed by atoms with van der Waals surface area (Å²) in [6.45, 7) is 7.26. The van der Waals surface area contributed by atoms with E-state index in [-0.39, 0.29) is 16.7 Å². The van der Waals surface area contributed by atoms with Crippen molar-refractivity contribution >= 4 is 27.5 Å². The summed E-state index contributed by atoms with van der Waals surface area (Å²) in [4.78, 5) is 28.0. The summed E-state index contributed by atoms with van der Waals surface area (Å²) >= 11 is 0. The molecule has 1 aliphatic rings. The van der Waals surface area contributed by atoms with Gasteiger partial charge in [0, 0.05) is 44.4 Å². The third-order valence-corrected chi connectivity index (χ3v) is 7.17. The van der Waals surface area contributed by atoms with Gasteiger partial charge in [-0.25, -0.2) is 8.42 Å². The third-order valence-electron chi connectivity index (χ3n) is 5.79. The number of nitrogens with one attached hydrogen (secondary N) is 1. The van der Waals surface area contributed by atoms with Gasteiger partial charge in [-0.1, -0.05) is 31.5 Å². The van der Waals surface area contributed by atoms with Gasteiger partial charge >= 0.3 is 0 Å². The second kappa shape index (κ2) is 10.2. The molecule has 1 heterocycles. The molecule has 3 rings (SSSR count). The second-order valence-corrected chi connectivity index (χ2v) is 9.86. The number of rotatable bonds is 7. The Kier molecular flexibility index (Phi) is 7.56. The van der Waals surface area contributed by atoms with Crippen molar-refractivity contribution in [2.75, 3.05) is 30.9 Å². The van der Waals surface area contributed by atoms with Crippen LogP contribution in [-0.4, -0.2) is 56.2 Å². The van der Waals surface area contributed by atoms with Crippen LogP contribution >= 0.6 is 0 Å². The van der Waals surface area contributed by atoms with Gasteiger partial charge in [0.05, 0.1) is 4.90 Å². The normalized spacial score (nSPS) is 14.3. The number of carbonyl (C=O) groups is 2. The molecule has 0 atom stereocenters. The Balaban J connectivity index is 1.75. The molecule has 0 aliphatic carbocycles. The van der Waals surface area contributed by atoms with Crippen molar-refractivity contribution < 1.29 is 18.0 Å². The van der Waals surface area contributed by atoms with Gasteiger partial charge in [0.25, 0.3) is 15.9 Å². The average Bonchev–Trinajstić information content (AvgIpc) is 2.78. The van der Waals surface area contributed by atoms with Crippen LogP contribution in [0.3, 0.4) is 0 Å². The van der Waals surface area contributed by atoms with Crippen molar-refractivity contribution in [2.24, 2.45) is 0 Å². The van der Waals surface area contributed by atoms with Crippen LogP contribution in [0.2, 0.25) is 0 Å². The van der Waals surface area contributed by atoms with Crippen LogP contribution in [0.1, 0.15) is 48.2 Å². The molecule has 0 spiro atoms. The van der Waals surface area contributed by atoms with E-state index in [2.05, 4.69) is 11.6 Å². The predicted octanol–water partition coefficient (Wildman–Crippen LogP) is 3.44. The number of anilines is 1. The van der Waals surface area contributed by atoms with E-state index < -0.39 is 10.0 Å². The lowest BCUT2D eigenvalue weighted by molar-refractivity contribution is -0.130. The number of piperazine rings is 1. The van der Waals surface area contributed by atoms with E-state index in [1.165, 1.54) is 24.6 Å². The summed E-state index contributed by atoms with van der Waals surface area (Å²) in [5.41, 5.74) is 2.73. The van der Waals surface area contributed by atoms with Gasteiger partial charge in [0.1, 0.15) is 0 Å². The average molecular weight is 458 g/mol. The number of sulfonamides is 1. The Bertz CT molecular complexity index is 1070. The largest absolute Gasteiger partial charge is 0.339 e. The maximum Gasteiger partial charge on any atom is 0.261 e. The number of hydrogen-bond acceptors (Lipinski definition) is 4. The van der Waals surface area contributed by atoms with Crippen LogP contribution in [0.5, 0.6) is 0 Å². The van der Waals surface area contributed by atoms with E-state index in [0.29, 0.717) is 43.0 Å². The highest BCUT2D eigenvalue weighted by Crippen LogP contribution is 2.22. The predicted molar refractivity (Wildman–Crippen MR) is 125 cm³/mol. The Labute approximate surface area is 190 Å². The van der Waals surface area contributed by atoms with Gasteiger partial charge < -0.3 is 9.80 Å². The maximum absolute atomic E-state index is 13.1. The first-order chi connectivity index (χ1) is 15.2. The van der Waals surface area contributed by atoms with Crippen LogP contribution in [0.15, 0.2) is 47.4 Å². The molecule has 2 amide bonds. The molecule has 0 aromatic heterocycles. The number of carbonyl (C=O) groups excluding carboxylic acids is 2. The molecule has 7 nitrogen and oxygen atoms in total. The summed E-state index contributed by atoms with van der Waals surface area (Å²) < 4.78 is 28.5. The highest BCUT2D eigenvalue weighted by molar-refractivity contribution is 7.92. The zero-order valence-electron chi connectivity index (χ0n) is 18.9. The van der Waals surface area contributed by atoms with Crippen molar-refractivity contribution in [2.45, 2.75) is 44.9 Å². The first-order valence-electron chi connectivity index (χ1n) is 11.0. The number of nitrogens with zero attached hydrogens (tertiary/aromatic N) is 2. The first-order valence-corrected chi connectivity index (χ1v) is 12.5. The van der Waals surface area contributed by atoms with Gasteiger partial charge in [-0.2, -0.15) is 0 Å².